The third-order valence-electron chi connectivity index (χ3n) is 12.3. The minimum Gasteiger partial charge on any atom is -0.456 e. The topological polar surface area (TPSA) is 13.1 Å². The first-order valence-corrected chi connectivity index (χ1v) is 21.3. The van der Waals surface area contributed by atoms with Crippen molar-refractivity contribution < 1.29 is 4.42 Å². The van der Waals surface area contributed by atoms with Crippen molar-refractivity contribution in [1.82, 2.24) is 0 Å². The Labute approximate surface area is 362 Å². The van der Waals surface area contributed by atoms with Crippen molar-refractivity contribution in [2.75, 3.05) is 0 Å². The zero-order valence-electron chi connectivity index (χ0n) is 34.2. The van der Waals surface area contributed by atoms with Gasteiger partial charge in [-0.3, -0.25) is 0 Å². The Morgan fingerprint density at radius 3 is 0.984 bits per heavy atom. The summed E-state index contributed by atoms with van der Waals surface area (Å²) in [5, 5.41) is 2.29. The van der Waals surface area contributed by atoms with E-state index in [0.29, 0.717) is 0 Å². The van der Waals surface area contributed by atoms with Crippen LogP contribution in [0.25, 0.3) is 88.7 Å². The molecule has 0 radical (unpaired) electrons. The first-order valence-electron chi connectivity index (χ1n) is 21.3. The van der Waals surface area contributed by atoms with E-state index in [1.54, 1.807) is 0 Å². The lowest BCUT2D eigenvalue weighted by Gasteiger charge is -2.20. The first-order chi connectivity index (χ1) is 30.7. The number of para-hydroxylation sites is 1. The summed E-state index contributed by atoms with van der Waals surface area (Å²) in [7, 11) is 0. The second kappa shape index (κ2) is 16.2. The predicted molar refractivity (Wildman–Crippen MR) is 260 cm³/mol. The van der Waals surface area contributed by atoms with E-state index in [-0.39, 0.29) is 5.92 Å². The molecule has 1 atom stereocenters. The van der Waals surface area contributed by atoms with E-state index in [9.17, 15) is 0 Å². The molecule has 1 nitrogen and oxygen atoms in total. The van der Waals surface area contributed by atoms with Crippen LogP contribution in [0.15, 0.2) is 253 Å². The fourth-order valence-corrected chi connectivity index (χ4v) is 8.94. The van der Waals surface area contributed by atoms with Gasteiger partial charge in [-0.05, 0) is 108 Å². The van der Waals surface area contributed by atoms with Crippen LogP contribution in [0.3, 0.4) is 0 Å². The highest BCUT2D eigenvalue weighted by Crippen LogP contribution is 2.38. The Balaban J connectivity index is 0.898. The van der Waals surface area contributed by atoms with E-state index in [1.165, 1.54) is 83.5 Å². The summed E-state index contributed by atoms with van der Waals surface area (Å²) < 4.78 is 6.08. The van der Waals surface area contributed by atoms with Gasteiger partial charge in [-0.1, -0.05) is 224 Å². The second-order valence-corrected chi connectivity index (χ2v) is 16.1. The molecule has 0 aliphatic carbocycles. The molecule has 0 amide bonds. The summed E-state index contributed by atoms with van der Waals surface area (Å²) in [6, 6.07) is 90.0. The van der Waals surface area contributed by atoms with E-state index >= 15 is 0 Å². The van der Waals surface area contributed by atoms with E-state index in [1.807, 2.05) is 12.1 Å². The van der Waals surface area contributed by atoms with Gasteiger partial charge in [0.25, 0.3) is 0 Å². The van der Waals surface area contributed by atoms with Crippen molar-refractivity contribution in [3.05, 3.63) is 265 Å². The molecule has 62 heavy (non-hydrogen) atoms. The molecule has 10 aromatic carbocycles. The number of fused-ring (bicyclic) bond motifs is 3. The van der Waals surface area contributed by atoms with Gasteiger partial charge < -0.3 is 4.42 Å². The van der Waals surface area contributed by atoms with E-state index < -0.39 is 0 Å². The Morgan fingerprint density at radius 1 is 0.210 bits per heavy atom. The standard InChI is InChI=1S/C61H42O/c1-3-10-42(11-4-1)44-18-20-45(21-19-44)47-26-32-51(33-27-47)61(53-36-30-49(31-37-53)55-15-9-14-54(40-55)43-12-5-2-6-13-43)52-34-28-48(29-35-52)46-22-24-50(25-23-46)56-38-39-60-58(41-56)57-16-7-8-17-59(57)62-60/h1-41,61H. The highest BCUT2D eigenvalue weighted by molar-refractivity contribution is 6.06. The Morgan fingerprint density at radius 2 is 0.516 bits per heavy atom. The van der Waals surface area contributed by atoms with Crippen LogP contribution in [-0.2, 0) is 0 Å². The number of rotatable bonds is 9. The summed E-state index contributed by atoms with van der Waals surface area (Å²) >= 11 is 0. The van der Waals surface area contributed by atoms with Crippen molar-refractivity contribution >= 4 is 21.9 Å². The third-order valence-corrected chi connectivity index (χ3v) is 12.3. The van der Waals surface area contributed by atoms with Crippen LogP contribution < -0.4 is 0 Å². The lowest BCUT2D eigenvalue weighted by Crippen LogP contribution is -2.03. The maximum atomic E-state index is 6.08. The van der Waals surface area contributed by atoms with Crippen molar-refractivity contribution in [2.24, 2.45) is 0 Å². The Bertz CT molecular complexity index is 3270. The van der Waals surface area contributed by atoms with Gasteiger partial charge in [0, 0.05) is 16.7 Å². The van der Waals surface area contributed by atoms with Gasteiger partial charge in [0.1, 0.15) is 11.2 Å². The molecule has 0 saturated heterocycles. The molecule has 0 bridgehead atoms. The summed E-state index contributed by atoms with van der Waals surface area (Å²) in [6.07, 6.45) is 0. The van der Waals surface area contributed by atoms with E-state index in [4.69, 9.17) is 4.42 Å². The van der Waals surface area contributed by atoms with E-state index in [2.05, 4.69) is 237 Å². The fraction of sp³-hybridized carbons (Fsp3) is 0.0164. The molecule has 0 aliphatic rings. The predicted octanol–water partition coefficient (Wildman–Crippen LogP) is 16.8. The van der Waals surface area contributed by atoms with Gasteiger partial charge in [-0.25, -0.2) is 0 Å². The maximum absolute atomic E-state index is 6.08. The van der Waals surface area contributed by atoms with Gasteiger partial charge >= 0.3 is 0 Å². The number of benzene rings is 10. The summed E-state index contributed by atoms with van der Waals surface area (Å²) in [6.45, 7) is 0. The summed E-state index contributed by atoms with van der Waals surface area (Å²) in [5.41, 5.74) is 20.1. The molecule has 0 spiro atoms. The van der Waals surface area contributed by atoms with Crippen molar-refractivity contribution in [1.29, 1.82) is 0 Å². The monoisotopic (exact) mass is 790 g/mol. The van der Waals surface area contributed by atoms with Crippen LogP contribution in [0.2, 0.25) is 0 Å². The molecule has 1 heteroatoms. The van der Waals surface area contributed by atoms with Gasteiger partial charge in [0.15, 0.2) is 0 Å². The summed E-state index contributed by atoms with van der Waals surface area (Å²) in [4.78, 5) is 0. The fourth-order valence-electron chi connectivity index (χ4n) is 8.94. The second-order valence-electron chi connectivity index (χ2n) is 16.1. The minimum atomic E-state index is 0.0551. The lowest BCUT2D eigenvalue weighted by molar-refractivity contribution is 0.669. The number of hydrogen-bond acceptors (Lipinski definition) is 1. The maximum Gasteiger partial charge on any atom is 0.135 e. The van der Waals surface area contributed by atoms with Gasteiger partial charge in [0.05, 0.1) is 0 Å². The molecule has 0 aliphatic heterocycles. The lowest BCUT2D eigenvalue weighted by atomic mass is 9.83. The highest BCUT2D eigenvalue weighted by atomic mass is 16.3. The Kier molecular flexibility index (Phi) is 9.69. The van der Waals surface area contributed by atoms with E-state index in [0.717, 1.165) is 21.9 Å². The molecule has 0 fully saturated rings. The molecule has 1 unspecified atom stereocenters. The first kappa shape index (κ1) is 37.0. The van der Waals surface area contributed by atoms with Crippen LogP contribution in [0.1, 0.15) is 22.6 Å². The largest absolute Gasteiger partial charge is 0.456 e. The molecule has 292 valence electrons. The molecule has 1 aromatic heterocycles. The zero-order chi connectivity index (χ0) is 41.2. The van der Waals surface area contributed by atoms with Crippen LogP contribution in [0.5, 0.6) is 0 Å². The van der Waals surface area contributed by atoms with Crippen LogP contribution in [0.4, 0.5) is 0 Å². The zero-order valence-corrected chi connectivity index (χ0v) is 34.2. The third kappa shape index (κ3) is 7.31. The van der Waals surface area contributed by atoms with Gasteiger partial charge in [-0.2, -0.15) is 0 Å². The quantitative estimate of drug-likeness (QED) is 0.133. The van der Waals surface area contributed by atoms with Crippen molar-refractivity contribution in [2.45, 2.75) is 5.92 Å². The molecule has 11 aromatic rings. The van der Waals surface area contributed by atoms with Gasteiger partial charge in [0.2, 0.25) is 0 Å². The highest BCUT2D eigenvalue weighted by Gasteiger charge is 2.18. The molecule has 0 saturated carbocycles. The van der Waals surface area contributed by atoms with Crippen LogP contribution in [0, 0.1) is 0 Å². The van der Waals surface area contributed by atoms with Crippen molar-refractivity contribution in [3.8, 4) is 66.8 Å². The van der Waals surface area contributed by atoms with Gasteiger partial charge in [-0.15, -0.1) is 0 Å². The molecule has 1 heterocycles. The van der Waals surface area contributed by atoms with Crippen molar-refractivity contribution in [3.63, 3.8) is 0 Å². The minimum absolute atomic E-state index is 0.0551. The molecule has 11 rings (SSSR count). The number of furan rings is 1. The average molecular weight is 791 g/mol. The van der Waals surface area contributed by atoms with Crippen LogP contribution in [-0.4, -0.2) is 0 Å². The van der Waals surface area contributed by atoms with Crippen LogP contribution >= 0.6 is 0 Å². The normalized spacial score (nSPS) is 11.8. The molecule has 0 N–H and O–H groups in total. The molecular formula is C61H42O. The number of hydrogen-bond donors (Lipinski definition) is 0. The average Bonchev–Trinajstić information content (AvgIpc) is 3.74. The summed E-state index contributed by atoms with van der Waals surface area (Å²) in [5.74, 6) is 0.0551. The SMILES string of the molecule is c1ccc(-c2ccc(-c3ccc(C(c4ccc(-c5ccc(-c6ccc7oc8ccccc8c7c6)cc5)cc4)c4ccc(-c5cccc(-c6ccccc6)c5)cc4)cc3)cc2)cc1. The molecular weight excluding hydrogens is 749 g/mol. The smallest absolute Gasteiger partial charge is 0.135 e. The Hall–Kier alpha value is -8.00.